The molecule has 1 aliphatic rings. The van der Waals surface area contributed by atoms with Crippen molar-refractivity contribution in [3.8, 4) is 17.3 Å². The fourth-order valence-electron chi connectivity index (χ4n) is 3.17. The fraction of sp³-hybridized carbons (Fsp3) is 0.227. The average Bonchev–Trinajstić information content (AvgIpc) is 3.27. The van der Waals surface area contributed by atoms with Crippen molar-refractivity contribution in [2.24, 2.45) is 0 Å². The van der Waals surface area contributed by atoms with E-state index in [9.17, 15) is 4.79 Å². The highest BCUT2D eigenvalue weighted by molar-refractivity contribution is 6.03. The van der Waals surface area contributed by atoms with Gasteiger partial charge in [0, 0.05) is 29.6 Å². The molecule has 0 spiro atoms. The maximum absolute atomic E-state index is 12.6. The third kappa shape index (κ3) is 3.59. The number of benzene rings is 1. The Kier molecular flexibility index (Phi) is 4.39. The van der Waals surface area contributed by atoms with E-state index in [4.69, 9.17) is 4.52 Å². The van der Waals surface area contributed by atoms with Gasteiger partial charge in [-0.25, -0.2) is 9.97 Å². The summed E-state index contributed by atoms with van der Waals surface area (Å²) in [5, 5.41) is 6.98. The van der Waals surface area contributed by atoms with Crippen LogP contribution in [0.3, 0.4) is 0 Å². The molecule has 0 aliphatic heterocycles. The molecular weight excluding hydrogens is 380 g/mol. The highest BCUT2D eigenvalue weighted by atomic mass is 16.5. The first-order chi connectivity index (χ1) is 14.6. The normalized spacial score (nSPS) is 13.4. The van der Waals surface area contributed by atoms with Gasteiger partial charge >= 0.3 is 0 Å². The zero-order chi connectivity index (χ0) is 20.7. The molecule has 0 radical (unpaired) electrons. The summed E-state index contributed by atoms with van der Waals surface area (Å²) in [4.78, 5) is 25.7. The minimum Gasteiger partial charge on any atom is -0.334 e. The summed E-state index contributed by atoms with van der Waals surface area (Å²) >= 11 is 0. The SMILES string of the molecule is Cc1ccc(C)c(NC(=O)c2cn(-c3cc(-c4nc(C5CC5)no4)ccn3)cn2)c1. The first-order valence-corrected chi connectivity index (χ1v) is 9.80. The Morgan fingerprint density at radius 2 is 2.03 bits per heavy atom. The number of anilines is 1. The van der Waals surface area contributed by atoms with Crippen molar-refractivity contribution < 1.29 is 9.32 Å². The van der Waals surface area contributed by atoms with Crippen LogP contribution in [0, 0.1) is 13.8 Å². The molecule has 1 amide bonds. The quantitative estimate of drug-likeness (QED) is 0.542. The zero-order valence-corrected chi connectivity index (χ0v) is 16.7. The van der Waals surface area contributed by atoms with Crippen LogP contribution in [-0.2, 0) is 0 Å². The van der Waals surface area contributed by atoms with Crippen LogP contribution in [0.4, 0.5) is 5.69 Å². The van der Waals surface area contributed by atoms with Gasteiger partial charge in [-0.05, 0) is 56.0 Å². The Bertz CT molecular complexity index is 1240. The summed E-state index contributed by atoms with van der Waals surface area (Å²) in [6.45, 7) is 3.94. The summed E-state index contributed by atoms with van der Waals surface area (Å²) in [5.41, 5.74) is 3.92. The summed E-state index contributed by atoms with van der Waals surface area (Å²) < 4.78 is 7.09. The predicted octanol–water partition coefficient (Wildman–Crippen LogP) is 4.06. The van der Waals surface area contributed by atoms with Crippen LogP contribution in [0.5, 0.6) is 0 Å². The molecule has 3 aromatic heterocycles. The average molecular weight is 400 g/mol. The van der Waals surface area contributed by atoms with Crippen LogP contribution < -0.4 is 5.32 Å². The highest BCUT2D eigenvalue weighted by Gasteiger charge is 2.29. The third-order valence-electron chi connectivity index (χ3n) is 5.10. The predicted molar refractivity (Wildman–Crippen MR) is 110 cm³/mol. The molecule has 4 aromatic rings. The molecule has 30 heavy (non-hydrogen) atoms. The molecular formula is C22H20N6O2. The first-order valence-electron chi connectivity index (χ1n) is 9.80. The number of pyridine rings is 1. The number of aromatic nitrogens is 5. The largest absolute Gasteiger partial charge is 0.334 e. The molecule has 0 unspecified atom stereocenters. The molecule has 0 atom stereocenters. The van der Waals surface area contributed by atoms with Crippen LogP contribution in [0.2, 0.25) is 0 Å². The third-order valence-corrected chi connectivity index (χ3v) is 5.10. The van der Waals surface area contributed by atoms with Gasteiger partial charge in [0.25, 0.3) is 11.8 Å². The molecule has 1 aliphatic carbocycles. The minimum absolute atomic E-state index is 0.274. The topological polar surface area (TPSA) is 98.7 Å². The molecule has 1 N–H and O–H groups in total. The standard InChI is InChI=1S/C22H20N6O2/c1-13-3-4-14(2)17(9-13)25-21(29)18-11-28(12-24-18)19-10-16(7-8-23-19)22-26-20(27-30-22)15-5-6-15/h3-4,7-12,15H,5-6H2,1-2H3,(H,25,29). The Morgan fingerprint density at radius 1 is 1.17 bits per heavy atom. The monoisotopic (exact) mass is 400 g/mol. The first kappa shape index (κ1) is 18.2. The van der Waals surface area contributed by atoms with E-state index in [1.54, 1.807) is 23.3 Å². The number of imidazole rings is 1. The molecule has 0 saturated heterocycles. The lowest BCUT2D eigenvalue weighted by Gasteiger charge is -2.08. The van der Waals surface area contributed by atoms with Crippen LogP contribution in [-0.4, -0.2) is 30.6 Å². The van der Waals surface area contributed by atoms with Crippen molar-refractivity contribution in [2.75, 3.05) is 5.32 Å². The van der Waals surface area contributed by atoms with E-state index in [0.29, 0.717) is 23.3 Å². The van der Waals surface area contributed by atoms with Gasteiger partial charge in [-0.1, -0.05) is 17.3 Å². The lowest BCUT2D eigenvalue weighted by Crippen LogP contribution is -2.13. The van der Waals surface area contributed by atoms with Gasteiger partial charge in [-0.15, -0.1) is 0 Å². The number of nitrogens with zero attached hydrogens (tertiary/aromatic N) is 5. The fourth-order valence-corrected chi connectivity index (χ4v) is 3.17. The molecule has 1 aromatic carbocycles. The van der Waals surface area contributed by atoms with Gasteiger partial charge in [0.2, 0.25) is 0 Å². The van der Waals surface area contributed by atoms with Crippen molar-refractivity contribution in [1.29, 1.82) is 0 Å². The number of hydrogen-bond acceptors (Lipinski definition) is 6. The van der Waals surface area contributed by atoms with Gasteiger partial charge in [-0.3, -0.25) is 9.36 Å². The summed E-state index contributed by atoms with van der Waals surface area (Å²) in [6.07, 6.45) is 7.11. The Balaban J connectivity index is 1.37. The second-order valence-corrected chi connectivity index (χ2v) is 7.57. The molecule has 8 heteroatoms. The maximum Gasteiger partial charge on any atom is 0.275 e. The van der Waals surface area contributed by atoms with Gasteiger partial charge in [0.1, 0.15) is 17.8 Å². The molecule has 3 heterocycles. The lowest BCUT2D eigenvalue weighted by atomic mass is 10.1. The van der Waals surface area contributed by atoms with E-state index in [2.05, 4.69) is 25.4 Å². The number of nitrogens with one attached hydrogen (secondary N) is 1. The Labute approximate surface area is 173 Å². The molecule has 1 saturated carbocycles. The number of rotatable bonds is 5. The van der Waals surface area contributed by atoms with Gasteiger partial charge < -0.3 is 9.84 Å². The molecule has 1 fully saturated rings. The van der Waals surface area contributed by atoms with Crippen molar-refractivity contribution >= 4 is 11.6 Å². The summed E-state index contributed by atoms with van der Waals surface area (Å²) in [5.74, 6) is 1.99. The Morgan fingerprint density at radius 3 is 2.87 bits per heavy atom. The smallest absolute Gasteiger partial charge is 0.275 e. The summed E-state index contributed by atoms with van der Waals surface area (Å²) in [7, 11) is 0. The lowest BCUT2D eigenvalue weighted by molar-refractivity contribution is 0.102. The number of amides is 1. The van der Waals surface area contributed by atoms with Crippen LogP contribution in [0.1, 0.15) is 46.2 Å². The molecule has 5 rings (SSSR count). The van der Waals surface area contributed by atoms with Crippen molar-refractivity contribution in [3.05, 3.63) is 71.7 Å². The molecule has 0 bridgehead atoms. The van der Waals surface area contributed by atoms with Crippen LogP contribution in [0.25, 0.3) is 17.3 Å². The van der Waals surface area contributed by atoms with E-state index >= 15 is 0 Å². The van der Waals surface area contributed by atoms with E-state index in [1.165, 1.54) is 0 Å². The minimum atomic E-state index is -0.274. The van der Waals surface area contributed by atoms with E-state index < -0.39 is 0 Å². The second-order valence-electron chi connectivity index (χ2n) is 7.57. The zero-order valence-electron chi connectivity index (χ0n) is 16.7. The highest BCUT2D eigenvalue weighted by Crippen LogP contribution is 2.38. The van der Waals surface area contributed by atoms with Crippen molar-refractivity contribution in [2.45, 2.75) is 32.6 Å². The van der Waals surface area contributed by atoms with Crippen LogP contribution >= 0.6 is 0 Å². The Hall–Kier alpha value is -3.81. The van der Waals surface area contributed by atoms with E-state index in [0.717, 1.165) is 41.0 Å². The van der Waals surface area contributed by atoms with Crippen molar-refractivity contribution in [3.63, 3.8) is 0 Å². The van der Waals surface area contributed by atoms with Crippen molar-refractivity contribution in [1.82, 2.24) is 24.7 Å². The molecule has 150 valence electrons. The van der Waals surface area contributed by atoms with Gasteiger partial charge in [-0.2, -0.15) is 4.98 Å². The maximum atomic E-state index is 12.6. The number of aryl methyl sites for hydroxylation is 2. The van der Waals surface area contributed by atoms with Crippen LogP contribution in [0.15, 0.2) is 53.6 Å². The van der Waals surface area contributed by atoms with Gasteiger partial charge in [0.15, 0.2) is 5.82 Å². The second kappa shape index (κ2) is 7.22. The van der Waals surface area contributed by atoms with E-state index in [-0.39, 0.29) is 5.91 Å². The number of carbonyl (C=O) groups excluding carboxylic acids is 1. The number of hydrogen-bond donors (Lipinski definition) is 1. The molecule has 8 nitrogen and oxygen atoms in total. The number of carbonyl (C=O) groups is 1. The summed E-state index contributed by atoms with van der Waals surface area (Å²) in [6, 6.07) is 9.58. The van der Waals surface area contributed by atoms with Gasteiger partial charge in [0.05, 0.1) is 0 Å². The van der Waals surface area contributed by atoms with E-state index in [1.807, 2.05) is 44.2 Å².